The third-order valence-corrected chi connectivity index (χ3v) is 1.53. The fourth-order valence-electron chi connectivity index (χ4n) is 0.894. The van der Waals surface area contributed by atoms with E-state index in [4.69, 9.17) is 5.73 Å². The van der Waals surface area contributed by atoms with Gasteiger partial charge in [0.2, 0.25) is 0 Å². The molecule has 13 heavy (non-hydrogen) atoms. The van der Waals surface area contributed by atoms with E-state index in [1.165, 1.54) is 24.4 Å². The van der Waals surface area contributed by atoms with Crippen molar-refractivity contribution in [2.45, 2.75) is 6.18 Å². The Morgan fingerprint density at radius 3 is 2.00 bits per heavy atom. The summed E-state index contributed by atoms with van der Waals surface area (Å²) in [5.41, 5.74) is 5.08. The molecule has 0 amide bonds. The van der Waals surface area contributed by atoms with E-state index in [0.717, 1.165) is 12.1 Å². The van der Waals surface area contributed by atoms with E-state index < -0.39 is 11.7 Å². The summed E-state index contributed by atoms with van der Waals surface area (Å²) >= 11 is 0. The minimum Gasteiger partial charge on any atom is -0.405 e. The van der Waals surface area contributed by atoms with E-state index in [2.05, 4.69) is 0 Å². The van der Waals surface area contributed by atoms with Crippen molar-refractivity contribution in [3.8, 4) is 0 Å². The summed E-state index contributed by atoms with van der Waals surface area (Å²) < 4.78 is 36.2. The van der Waals surface area contributed by atoms with Crippen LogP contribution in [-0.2, 0) is 6.18 Å². The van der Waals surface area contributed by atoms with E-state index in [9.17, 15) is 13.2 Å². The molecule has 0 aromatic heterocycles. The van der Waals surface area contributed by atoms with Gasteiger partial charge in [-0.3, -0.25) is 0 Å². The molecule has 0 bridgehead atoms. The number of hydrogen-bond acceptors (Lipinski definition) is 1. The van der Waals surface area contributed by atoms with Gasteiger partial charge in [-0.15, -0.1) is 0 Å². The summed E-state index contributed by atoms with van der Waals surface area (Å²) in [6.07, 6.45) is -1.46. The van der Waals surface area contributed by atoms with E-state index in [0.29, 0.717) is 5.56 Å². The van der Waals surface area contributed by atoms with Crippen LogP contribution in [-0.4, -0.2) is 0 Å². The minimum absolute atomic E-state index is 0.649. The Kier molecular flexibility index (Phi) is 2.60. The highest BCUT2D eigenvalue weighted by atomic mass is 19.4. The topological polar surface area (TPSA) is 26.0 Å². The average Bonchev–Trinajstić information content (AvgIpc) is 2.04. The Hall–Kier alpha value is -1.45. The van der Waals surface area contributed by atoms with E-state index >= 15 is 0 Å². The normalized spacial score (nSPS) is 12.2. The van der Waals surface area contributed by atoms with Crippen LogP contribution in [0.1, 0.15) is 11.1 Å². The lowest BCUT2D eigenvalue weighted by Crippen LogP contribution is -2.03. The molecule has 0 unspecified atom stereocenters. The number of halogens is 3. The van der Waals surface area contributed by atoms with Crippen molar-refractivity contribution in [3.63, 3.8) is 0 Å². The summed E-state index contributed by atoms with van der Waals surface area (Å²) in [6, 6.07) is 4.78. The second-order valence-electron chi connectivity index (χ2n) is 2.48. The van der Waals surface area contributed by atoms with Gasteiger partial charge in [0, 0.05) is 0 Å². The zero-order valence-corrected chi connectivity index (χ0v) is 6.68. The Balaban J connectivity index is 2.94. The molecule has 0 radical (unpaired) electrons. The predicted octanol–water partition coefficient (Wildman–Crippen LogP) is 2.63. The van der Waals surface area contributed by atoms with Crippen LogP contribution in [0.4, 0.5) is 13.2 Å². The van der Waals surface area contributed by atoms with Crippen LogP contribution < -0.4 is 5.73 Å². The van der Waals surface area contributed by atoms with Crippen molar-refractivity contribution in [1.29, 1.82) is 0 Å². The molecule has 0 aliphatic heterocycles. The number of alkyl halides is 3. The molecule has 0 aliphatic rings. The molecule has 0 fully saturated rings. The van der Waals surface area contributed by atoms with Crippen LogP contribution in [0.2, 0.25) is 0 Å². The van der Waals surface area contributed by atoms with Gasteiger partial charge < -0.3 is 5.73 Å². The van der Waals surface area contributed by atoms with E-state index in [1.54, 1.807) is 0 Å². The third-order valence-electron chi connectivity index (χ3n) is 1.53. The minimum atomic E-state index is -4.27. The second-order valence-corrected chi connectivity index (χ2v) is 2.48. The first-order valence-corrected chi connectivity index (χ1v) is 3.59. The zero-order chi connectivity index (χ0) is 9.90. The van der Waals surface area contributed by atoms with E-state index in [1.807, 2.05) is 0 Å². The summed E-state index contributed by atoms with van der Waals surface area (Å²) in [7, 11) is 0. The lowest BCUT2D eigenvalue weighted by molar-refractivity contribution is -0.137. The van der Waals surface area contributed by atoms with Gasteiger partial charge in [0.25, 0.3) is 0 Å². The van der Waals surface area contributed by atoms with E-state index in [-0.39, 0.29) is 0 Å². The maximum absolute atomic E-state index is 12.1. The molecule has 2 N–H and O–H groups in total. The highest BCUT2D eigenvalue weighted by Crippen LogP contribution is 2.29. The third kappa shape index (κ3) is 2.50. The number of hydrogen-bond donors (Lipinski definition) is 1. The van der Waals surface area contributed by atoms with Gasteiger partial charge in [0.1, 0.15) is 0 Å². The first-order valence-electron chi connectivity index (χ1n) is 3.59. The SMILES string of the molecule is N/C=C/c1ccc(C(F)(F)F)cc1. The van der Waals surface area contributed by atoms with Gasteiger partial charge in [0.15, 0.2) is 0 Å². The second kappa shape index (κ2) is 3.51. The zero-order valence-electron chi connectivity index (χ0n) is 6.68. The number of nitrogens with two attached hydrogens (primary N) is 1. The van der Waals surface area contributed by atoms with Crippen LogP contribution in [0.15, 0.2) is 30.5 Å². The van der Waals surface area contributed by atoms with Crippen LogP contribution in [0, 0.1) is 0 Å². The van der Waals surface area contributed by atoms with Crippen molar-refractivity contribution in [2.75, 3.05) is 0 Å². The molecular weight excluding hydrogens is 179 g/mol. The van der Waals surface area contributed by atoms with Crippen molar-refractivity contribution in [1.82, 2.24) is 0 Å². The highest BCUT2D eigenvalue weighted by Gasteiger charge is 2.29. The van der Waals surface area contributed by atoms with Gasteiger partial charge in [0.05, 0.1) is 5.56 Å². The van der Waals surface area contributed by atoms with Crippen LogP contribution in [0.25, 0.3) is 6.08 Å². The molecule has 0 atom stereocenters. The molecule has 0 aliphatic carbocycles. The van der Waals surface area contributed by atoms with Crippen LogP contribution in [0.3, 0.4) is 0 Å². The fourth-order valence-corrected chi connectivity index (χ4v) is 0.894. The molecular formula is C9H8F3N. The fraction of sp³-hybridized carbons (Fsp3) is 0.111. The Morgan fingerprint density at radius 2 is 1.62 bits per heavy atom. The highest BCUT2D eigenvalue weighted by molar-refractivity contribution is 5.49. The number of rotatable bonds is 1. The standard InChI is InChI=1S/C9H8F3N/c10-9(11,12)8-3-1-7(2-4-8)5-6-13/h1-6H,13H2/b6-5+. The first-order chi connectivity index (χ1) is 6.04. The largest absolute Gasteiger partial charge is 0.416 e. The van der Waals surface area contributed by atoms with Gasteiger partial charge in [-0.2, -0.15) is 13.2 Å². The molecule has 0 heterocycles. The molecule has 1 aromatic carbocycles. The lowest BCUT2D eigenvalue weighted by Gasteiger charge is -2.05. The quantitative estimate of drug-likeness (QED) is 0.718. The monoisotopic (exact) mass is 187 g/mol. The smallest absolute Gasteiger partial charge is 0.405 e. The van der Waals surface area contributed by atoms with Gasteiger partial charge >= 0.3 is 6.18 Å². The number of benzene rings is 1. The molecule has 1 aromatic rings. The molecule has 1 nitrogen and oxygen atoms in total. The predicted molar refractivity (Wildman–Crippen MR) is 44.7 cm³/mol. The van der Waals surface area contributed by atoms with Crippen molar-refractivity contribution >= 4 is 6.08 Å². The van der Waals surface area contributed by atoms with Crippen molar-refractivity contribution in [3.05, 3.63) is 41.6 Å². The molecule has 0 spiro atoms. The van der Waals surface area contributed by atoms with Crippen LogP contribution >= 0.6 is 0 Å². The van der Waals surface area contributed by atoms with Crippen molar-refractivity contribution in [2.24, 2.45) is 5.73 Å². The van der Waals surface area contributed by atoms with Crippen LogP contribution in [0.5, 0.6) is 0 Å². The summed E-state index contributed by atoms with van der Waals surface area (Å²) in [5, 5.41) is 0. The summed E-state index contributed by atoms with van der Waals surface area (Å²) in [6.45, 7) is 0. The first kappa shape index (κ1) is 9.64. The van der Waals surface area contributed by atoms with Gasteiger partial charge in [-0.1, -0.05) is 12.1 Å². The molecule has 1 rings (SSSR count). The molecule has 0 saturated carbocycles. The Morgan fingerprint density at radius 1 is 1.08 bits per heavy atom. The van der Waals surface area contributed by atoms with Gasteiger partial charge in [-0.05, 0) is 30.0 Å². The average molecular weight is 187 g/mol. The Bertz CT molecular complexity index is 298. The Labute approximate surface area is 73.7 Å². The maximum Gasteiger partial charge on any atom is 0.416 e. The molecule has 0 saturated heterocycles. The maximum atomic E-state index is 12.1. The lowest BCUT2D eigenvalue weighted by atomic mass is 10.1. The summed E-state index contributed by atoms with van der Waals surface area (Å²) in [4.78, 5) is 0. The van der Waals surface area contributed by atoms with Crippen molar-refractivity contribution < 1.29 is 13.2 Å². The van der Waals surface area contributed by atoms with Gasteiger partial charge in [-0.25, -0.2) is 0 Å². The molecule has 4 heteroatoms. The summed E-state index contributed by atoms with van der Waals surface area (Å²) in [5.74, 6) is 0. The molecule has 70 valence electrons.